The highest BCUT2D eigenvalue weighted by atomic mass is 35.5. The van der Waals surface area contributed by atoms with E-state index in [4.69, 9.17) is 11.6 Å². The lowest BCUT2D eigenvalue weighted by Gasteiger charge is -2.36. The number of anilines is 1. The molecule has 1 heterocycles. The van der Waals surface area contributed by atoms with Crippen molar-refractivity contribution in [2.75, 3.05) is 44.2 Å². The maximum absolute atomic E-state index is 5.97. The van der Waals surface area contributed by atoms with Gasteiger partial charge in [-0.05, 0) is 56.6 Å². The molecule has 23 heavy (non-hydrogen) atoms. The van der Waals surface area contributed by atoms with Crippen molar-refractivity contribution in [1.29, 1.82) is 0 Å². The highest BCUT2D eigenvalue weighted by Crippen LogP contribution is 2.20. The van der Waals surface area contributed by atoms with Crippen molar-refractivity contribution in [2.24, 2.45) is 0 Å². The van der Waals surface area contributed by atoms with Gasteiger partial charge in [0.05, 0.1) is 0 Å². The molecule has 0 bridgehead atoms. The molecule has 3 rings (SSSR count). The lowest BCUT2D eigenvalue weighted by atomic mass is 9.95. The topological polar surface area (TPSA) is 18.5 Å². The predicted octanol–water partition coefficient (Wildman–Crippen LogP) is 3.77. The van der Waals surface area contributed by atoms with E-state index in [9.17, 15) is 0 Å². The Morgan fingerprint density at radius 1 is 0.957 bits per heavy atom. The number of rotatable bonds is 6. The van der Waals surface area contributed by atoms with Crippen molar-refractivity contribution in [1.82, 2.24) is 10.2 Å². The summed E-state index contributed by atoms with van der Waals surface area (Å²) in [6.07, 6.45) is 8.34. The summed E-state index contributed by atoms with van der Waals surface area (Å²) >= 11 is 5.97. The first-order chi connectivity index (χ1) is 11.3. The van der Waals surface area contributed by atoms with Crippen LogP contribution in [0.25, 0.3) is 0 Å². The van der Waals surface area contributed by atoms with Crippen LogP contribution >= 0.6 is 11.6 Å². The lowest BCUT2D eigenvalue weighted by Crippen LogP contribution is -2.47. The molecule has 0 unspecified atom stereocenters. The number of nitrogens with one attached hydrogen (secondary N) is 1. The monoisotopic (exact) mass is 335 g/mol. The maximum atomic E-state index is 5.97. The van der Waals surface area contributed by atoms with Gasteiger partial charge >= 0.3 is 0 Å². The molecule has 1 saturated heterocycles. The number of nitrogens with zero attached hydrogens (tertiary/aromatic N) is 2. The molecule has 2 fully saturated rings. The molecule has 1 aromatic carbocycles. The van der Waals surface area contributed by atoms with E-state index in [1.54, 1.807) is 0 Å². The molecule has 0 amide bonds. The number of hydrogen-bond donors (Lipinski definition) is 1. The zero-order chi connectivity index (χ0) is 15.9. The Balaban J connectivity index is 1.30. The fourth-order valence-electron chi connectivity index (χ4n) is 3.80. The van der Waals surface area contributed by atoms with E-state index in [1.165, 1.54) is 70.4 Å². The number of hydrogen-bond acceptors (Lipinski definition) is 3. The van der Waals surface area contributed by atoms with Crippen LogP contribution in [-0.4, -0.2) is 50.2 Å². The third-order valence-corrected chi connectivity index (χ3v) is 5.51. The van der Waals surface area contributed by atoms with Crippen LogP contribution in [0.3, 0.4) is 0 Å². The highest BCUT2D eigenvalue weighted by Gasteiger charge is 2.17. The van der Waals surface area contributed by atoms with Crippen molar-refractivity contribution in [3.63, 3.8) is 0 Å². The highest BCUT2D eigenvalue weighted by molar-refractivity contribution is 6.30. The fraction of sp³-hybridized carbons (Fsp3) is 0.684. The minimum atomic E-state index is 0.797. The zero-order valence-corrected chi connectivity index (χ0v) is 14.9. The molecule has 3 nitrogen and oxygen atoms in total. The van der Waals surface area contributed by atoms with Crippen LogP contribution < -0.4 is 10.2 Å². The Kier molecular flexibility index (Phi) is 6.61. The second-order valence-corrected chi connectivity index (χ2v) is 7.38. The van der Waals surface area contributed by atoms with Crippen molar-refractivity contribution in [3.8, 4) is 0 Å². The maximum Gasteiger partial charge on any atom is 0.0407 e. The van der Waals surface area contributed by atoms with E-state index in [0.29, 0.717) is 0 Å². The lowest BCUT2D eigenvalue weighted by molar-refractivity contribution is 0.250. The normalized spacial score (nSPS) is 20.8. The largest absolute Gasteiger partial charge is 0.369 e. The van der Waals surface area contributed by atoms with Gasteiger partial charge < -0.3 is 10.2 Å². The predicted molar refractivity (Wildman–Crippen MR) is 99.6 cm³/mol. The summed E-state index contributed by atoms with van der Waals surface area (Å²) in [4.78, 5) is 5.07. The molecule has 0 aromatic heterocycles. The number of piperazine rings is 1. The van der Waals surface area contributed by atoms with Gasteiger partial charge in [-0.25, -0.2) is 0 Å². The minimum absolute atomic E-state index is 0.797. The molecular weight excluding hydrogens is 306 g/mol. The summed E-state index contributed by atoms with van der Waals surface area (Å²) in [6.45, 7) is 7.00. The van der Waals surface area contributed by atoms with Crippen LogP contribution in [-0.2, 0) is 0 Å². The smallest absolute Gasteiger partial charge is 0.0407 e. The average Bonchev–Trinajstić information content (AvgIpc) is 2.61. The SMILES string of the molecule is Clc1ccc(N2CCN(CCCNC3CCCCC3)CC2)cc1. The second kappa shape index (κ2) is 8.91. The van der Waals surface area contributed by atoms with Gasteiger partial charge in [0.1, 0.15) is 0 Å². The molecule has 1 aliphatic heterocycles. The third kappa shape index (κ3) is 5.37. The van der Waals surface area contributed by atoms with E-state index in [0.717, 1.165) is 24.2 Å². The van der Waals surface area contributed by atoms with Gasteiger partial charge in [0.15, 0.2) is 0 Å². The first-order valence-corrected chi connectivity index (χ1v) is 9.65. The summed E-state index contributed by atoms with van der Waals surface area (Å²) in [7, 11) is 0. The molecule has 2 aliphatic rings. The van der Waals surface area contributed by atoms with Crippen LogP contribution in [0.1, 0.15) is 38.5 Å². The first-order valence-electron chi connectivity index (χ1n) is 9.27. The van der Waals surface area contributed by atoms with Crippen molar-refractivity contribution >= 4 is 17.3 Å². The Morgan fingerprint density at radius 2 is 1.65 bits per heavy atom. The van der Waals surface area contributed by atoms with E-state index >= 15 is 0 Å². The van der Waals surface area contributed by atoms with Crippen LogP contribution in [0, 0.1) is 0 Å². The van der Waals surface area contributed by atoms with E-state index in [2.05, 4.69) is 27.2 Å². The second-order valence-electron chi connectivity index (χ2n) is 6.95. The van der Waals surface area contributed by atoms with Gasteiger partial charge in [0, 0.05) is 42.9 Å². The van der Waals surface area contributed by atoms with Crippen molar-refractivity contribution < 1.29 is 0 Å². The molecule has 1 N–H and O–H groups in total. The quantitative estimate of drug-likeness (QED) is 0.798. The van der Waals surface area contributed by atoms with E-state index in [1.807, 2.05) is 12.1 Å². The third-order valence-electron chi connectivity index (χ3n) is 5.25. The standard InChI is InChI=1S/C19H30ClN3/c20-17-7-9-19(10-8-17)23-15-13-22(14-16-23)12-4-11-21-18-5-2-1-3-6-18/h7-10,18,21H,1-6,11-16H2. The molecule has 128 valence electrons. The number of halogens is 1. The van der Waals surface area contributed by atoms with Gasteiger partial charge in [-0.15, -0.1) is 0 Å². The average molecular weight is 336 g/mol. The minimum Gasteiger partial charge on any atom is -0.369 e. The van der Waals surface area contributed by atoms with Gasteiger partial charge in [-0.1, -0.05) is 30.9 Å². The van der Waals surface area contributed by atoms with E-state index in [-0.39, 0.29) is 0 Å². The van der Waals surface area contributed by atoms with Gasteiger partial charge in [0.25, 0.3) is 0 Å². The molecule has 1 aromatic rings. The fourth-order valence-corrected chi connectivity index (χ4v) is 3.92. The summed E-state index contributed by atoms with van der Waals surface area (Å²) in [5.74, 6) is 0. The molecule has 1 saturated carbocycles. The summed E-state index contributed by atoms with van der Waals surface area (Å²) < 4.78 is 0. The van der Waals surface area contributed by atoms with Gasteiger partial charge in [-0.3, -0.25) is 4.90 Å². The summed E-state index contributed by atoms with van der Waals surface area (Å²) in [5.41, 5.74) is 1.30. The van der Waals surface area contributed by atoms with Gasteiger partial charge in [0.2, 0.25) is 0 Å². The van der Waals surface area contributed by atoms with Crippen LogP contribution in [0.15, 0.2) is 24.3 Å². The molecule has 0 atom stereocenters. The molecule has 0 spiro atoms. The Hall–Kier alpha value is -0.770. The van der Waals surface area contributed by atoms with Crippen molar-refractivity contribution in [2.45, 2.75) is 44.6 Å². The van der Waals surface area contributed by atoms with E-state index < -0.39 is 0 Å². The molecule has 4 heteroatoms. The molecule has 1 aliphatic carbocycles. The number of benzene rings is 1. The Labute approximate surface area is 146 Å². The molecule has 0 radical (unpaired) electrons. The van der Waals surface area contributed by atoms with Crippen LogP contribution in [0.2, 0.25) is 5.02 Å². The molecular formula is C19H30ClN3. The van der Waals surface area contributed by atoms with Crippen LogP contribution in [0.4, 0.5) is 5.69 Å². The Morgan fingerprint density at radius 3 is 2.35 bits per heavy atom. The van der Waals surface area contributed by atoms with Gasteiger partial charge in [-0.2, -0.15) is 0 Å². The summed E-state index contributed by atoms with van der Waals surface area (Å²) in [5, 5.41) is 4.57. The zero-order valence-electron chi connectivity index (χ0n) is 14.1. The summed E-state index contributed by atoms with van der Waals surface area (Å²) in [6, 6.07) is 9.03. The van der Waals surface area contributed by atoms with Crippen LogP contribution in [0.5, 0.6) is 0 Å². The Bertz CT molecular complexity index is 448. The van der Waals surface area contributed by atoms with Crippen molar-refractivity contribution in [3.05, 3.63) is 29.3 Å². The first kappa shape index (κ1) is 17.1.